The maximum Gasteiger partial charge on any atom is 0.249 e. The Labute approximate surface area is 215 Å². The van der Waals surface area contributed by atoms with Gasteiger partial charge in [-0.25, -0.2) is 10.5 Å². The number of rotatable bonds is 11. The molecule has 3 heterocycles. The van der Waals surface area contributed by atoms with Crippen LogP contribution in [0, 0.1) is 5.41 Å². The van der Waals surface area contributed by atoms with E-state index in [0.717, 1.165) is 86.8 Å². The van der Waals surface area contributed by atoms with Crippen LogP contribution in [-0.2, 0) is 17.6 Å². The van der Waals surface area contributed by atoms with Gasteiger partial charge in [0.25, 0.3) is 0 Å². The molecule has 1 amide bonds. The molecule has 9 heteroatoms. The second kappa shape index (κ2) is 12.1. The van der Waals surface area contributed by atoms with E-state index in [2.05, 4.69) is 14.9 Å². The molecular weight excluding hydrogens is 484 g/mol. The Hall–Kier alpha value is -2.26. The van der Waals surface area contributed by atoms with Gasteiger partial charge in [-0.15, -0.1) is 11.3 Å². The van der Waals surface area contributed by atoms with E-state index in [0.29, 0.717) is 11.4 Å². The van der Waals surface area contributed by atoms with Gasteiger partial charge in [0.15, 0.2) is 0 Å². The maximum absolute atomic E-state index is 12.8. The highest BCUT2D eigenvalue weighted by Gasteiger charge is 2.40. The highest BCUT2D eigenvalue weighted by atomic mass is 35.5. The fourth-order valence-electron chi connectivity index (χ4n) is 5.09. The third-order valence-electron chi connectivity index (χ3n) is 7.21. The number of piperidine rings is 1. The topological polar surface area (TPSA) is 87.6 Å². The molecule has 188 valence electrons. The number of aryl methyl sites for hydroxylation is 2. The Bertz CT molecular complexity index is 1120. The maximum atomic E-state index is 12.8. The monoisotopic (exact) mass is 516 g/mol. The van der Waals surface area contributed by atoms with Crippen molar-refractivity contribution in [3.8, 4) is 5.75 Å². The first kappa shape index (κ1) is 25.8. The quantitative estimate of drug-likeness (QED) is 0.205. The first-order valence-electron chi connectivity index (χ1n) is 12.2. The Kier molecular flexibility index (Phi) is 8.94. The molecule has 1 aliphatic rings. The van der Waals surface area contributed by atoms with Gasteiger partial charge in [-0.1, -0.05) is 11.6 Å². The number of likely N-dealkylation sites (tertiary alicyclic amines) is 1. The van der Waals surface area contributed by atoms with Crippen LogP contribution in [0.5, 0.6) is 5.75 Å². The minimum absolute atomic E-state index is 0.270. The number of halogens is 1. The molecule has 7 nitrogen and oxygen atoms in total. The number of carbonyl (C=O) groups excluding carboxylic acids is 1. The third-order valence-corrected chi connectivity index (χ3v) is 8.38. The average Bonchev–Trinajstić information content (AvgIpc) is 3.41. The molecule has 1 saturated heterocycles. The Morgan fingerprint density at radius 1 is 1.23 bits per heavy atom. The van der Waals surface area contributed by atoms with Crippen molar-refractivity contribution in [2.45, 2.75) is 51.4 Å². The van der Waals surface area contributed by atoms with E-state index in [-0.39, 0.29) is 5.91 Å². The summed E-state index contributed by atoms with van der Waals surface area (Å²) < 4.78 is 5.38. The number of aromatic nitrogens is 2. The van der Waals surface area contributed by atoms with Crippen LogP contribution in [0.4, 0.5) is 0 Å². The standard InChI is InChI=1S/C26H33ClN4O3S/c1-34-19-7-8-23-21(17-19)20(22(27)18-29-23)5-4-9-26(25(32)30-33)10-14-31(15-11-26)13-3-2-6-24-28-12-16-35-24/h7-8,12,16-18,33H,2-6,9-11,13-15H2,1H3,(H,30,32). The number of pyridine rings is 1. The number of unbranched alkanes of at least 4 members (excludes halogenated alkanes) is 1. The van der Waals surface area contributed by atoms with E-state index in [4.69, 9.17) is 16.3 Å². The highest BCUT2D eigenvalue weighted by molar-refractivity contribution is 7.09. The molecule has 1 fully saturated rings. The molecule has 0 bridgehead atoms. The summed E-state index contributed by atoms with van der Waals surface area (Å²) in [5, 5.41) is 14.3. The lowest BCUT2D eigenvalue weighted by Crippen LogP contribution is -2.48. The molecule has 0 spiro atoms. The molecule has 2 N–H and O–H groups in total. The van der Waals surface area contributed by atoms with Crippen LogP contribution in [0.15, 0.2) is 36.0 Å². The molecule has 4 rings (SSSR count). The van der Waals surface area contributed by atoms with Crippen molar-refractivity contribution in [3.05, 3.63) is 51.6 Å². The zero-order chi connectivity index (χ0) is 24.7. The number of hydrogen-bond donors (Lipinski definition) is 2. The lowest BCUT2D eigenvalue weighted by molar-refractivity contribution is -0.143. The van der Waals surface area contributed by atoms with Crippen molar-refractivity contribution in [2.75, 3.05) is 26.7 Å². The largest absolute Gasteiger partial charge is 0.497 e. The minimum atomic E-state index is -0.556. The molecule has 1 aliphatic heterocycles. The summed E-state index contributed by atoms with van der Waals surface area (Å²) in [6.45, 7) is 2.75. The number of hydrogen-bond acceptors (Lipinski definition) is 7. The second-order valence-electron chi connectivity index (χ2n) is 9.27. The van der Waals surface area contributed by atoms with E-state index in [1.807, 2.05) is 35.3 Å². The number of ether oxygens (including phenoxy) is 1. The fourth-order valence-corrected chi connectivity index (χ4v) is 6.00. The van der Waals surface area contributed by atoms with E-state index in [9.17, 15) is 10.0 Å². The van der Waals surface area contributed by atoms with Crippen molar-refractivity contribution in [2.24, 2.45) is 5.41 Å². The number of fused-ring (bicyclic) bond motifs is 1. The summed E-state index contributed by atoms with van der Waals surface area (Å²) in [6, 6.07) is 5.79. The van der Waals surface area contributed by atoms with Gasteiger partial charge in [-0.2, -0.15) is 0 Å². The molecule has 0 atom stereocenters. The van der Waals surface area contributed by atoms with E-state index in [1.54, 1.807) is 24.6 Å². The van der Waals surface area contributed by atoms with Crippen LogP contribution < -0.4 is 10.2 Å². The zero-order valence-corrected chi connectivity index (χ0v) is 21.7. The van der Waals surface area contributed by atoms with Gasteiger partial charge in [-0.3, -0.25) is 15.0 Å². The van der Waals surface area contributed by atoms with Crippen molar-refractivity contribution < 1.29 is 14.7 Å². The molecule has 2 aromatic heterocycles. The highest BCUT2D eigenvalue weighted by Crippen LogP contribution is 2.38. The van der Waals surface area contributed by atoms with Crippen molar-refractivity contribution >= 4 is 39.7 Å². The number of nitrogens with zero attached hydrogens (tertiary/aromatic N) is 3. The molecule has 0 unspecified atom stereocenters. The number of nitrogens with one attached hydrogen (secondary N) is 1. The zero-order valence-electron chi connectivity index (χ0n) is 20.1. The predicted octanol–water partition coefficient (Wildman–Crippen LogP) is 5.29. The number of hydroxylamine groups is 1. The van der Waals surface area contributed by atoms with Gasteiger partial charge in [-0.05, 0) is 94.8 Å². The van der Waals surface area contributed by atoms with E-state index in [1.165, 1.54) is 5.01 Å². The molecule has 0 saturated carbocycles. The fraction of sp³-hybridized carbons (Fsp3) is 0.500. The van der Waals surface area contributed by atoms with Gasteiger partial charge in [0, 0.05) is 23.2 Å². The van der Waals surface area contributed by atoms with Crippen LogP contribution in [0.25, 0.3) is 10.9 Å². The summed E-state index contributed by atoms with van der Waals surface area (Å²) >= 11 is 8.24. The van der Waals surface area contributed by atoms with Crippen LogP contribution in [0.2, 0.25) is 5.02 Å². The minimum Gasteiger partial charge on any atom is -0.497 e. The number of methoxy groups -OCH3 is 1. The van der Waals surface area contributed by atoms with Crippen LogP contribution in [0.3, 0.4) is 0 Å². The van der Waals surface area contributed by atoms with Gasteiger partial charge >= 0.3 is 0 Å². The third kappa shape index (κ3) is 6.30. The normalized spacial score (nSPS) is 15.9. The lowest BCUT2D eigenvalue weighted by atomic mass is 9.73. The molecule has 1 aromatic carbocycles. The first-order valence-corrected chi connectivity index (χ1v) is 13.5. The second-order valence-corrected chi connectivity index (χ2v) is 10.7. The SMILES string of the molecule is COc1ccc2ncc(Cl)c(CCCC3(C(=O)NO)CCN(CCCCc4nccs4)CC3)c2c1. The summed E-state index contributed by atoms with van der Waals surface area (Å²) in [5.74, 6) is 0.492. The summed E-state index contributed by atoms with van der Waals surface area (Å²) in [5.41, 5.74) is 3.28. The van der Waals surface area contributed by atoms with Gasteiger partial charge in [0.2, 0.25) is 5.91 Å². The summed E-state index contributed by atoms with van der Waals surface area (Å²) in [4.78, 5) is 24.0. The Morgan fingerprint density at radius 3 is 2.77 bits per heavy atom. The smallest absolute Gasteiger partial charge is 0.249 e. The van der Waals surface area contributed by atoms with Crippen molar-refractivity contribution in [3.63, 3.8) is 0 Å². The average molecular weight is 517 g/mol. The van der Waals surface area contributed by atoms with Crippen molar-refractivity contribution in [1.29, 1.82) is 0 Å². The van der Waals surface area contributed by atoms with Crippen LogP contribution in [-0.4, -0.2) is 52.7 Å². The number of amides is 1. The van der Waals surface area contributed by atoms with E-state index < -0.39 is 5.41 Å². The first-order chi connectivity index (χ1) is 17.0. The molecule has 0 aliphatic carbocycles. The Morgan fingerprint density at radius 2 is 2.06 bits per heavy atom. The molecule has 0 radical (unpaired) electrons. The molecule has 3 aromatic rings. The van der Waals surface area contributed by atoms with Crippen LogP contribution >= 0.6 is 22.9 Å². The Balaban J connectivity index is 1.33. The van der Waals surface area contributed by atoms with E-state index >= 15 is 0 Å². The van der Waals surface area contributed by atoms with Crippen LogP contribution in [0.1, 0.15) is 49.1 Å². The van der Waals surface area contributed by atoms with Gasteiger partial charge < -0.3 is 9.64 Å². The predicted molar refractivity (Wildman–Crippen MR) is 139 cm³/mol. The van der Waals surface area contributed by atoms with Gasteiger partial charge in [0.1, 0.15) is 5.75 Å². The molecule has 35 heavy (non-hydrogen) atoms. The summed E-state index contributed by atoms with van der Waals surface area (Å²) in [6.07, 6.45) is 10.5. The van der Waals surface area contributed by atoms with Gasteiger partial charge in [0.05, 0.1) is 28.1 Å². The lowest BCUT2D eigenvalue weighted by Gasteiger charge is -2.40. The number of carbonyl (C=O) groups is 1. The number of benzene rings is 1. The van der Waals surface area contributed by atoms with Crippen molar-refractivity contribution in [1.82, 2.24) is 20.3 Å². The summed E-state index contributed by atoms with van der Waals surface area (Å²) in [7, 11) is 1.64. The number of thiazole rings is 1. The molecular formula is C26H33ClN4O3S.